The van der Waals surface area contributed by atoms with Crippen molar-refractivity contribution in [1.29, 1.82) is 0 Å². The minimum absolute atomic E-state index is 0.0781. The van der Waals surface area contributed by atoms with Crippen LogP contribution < -0.4 is 0 Å². The summed E-state index contributed by atoms with van der Waals surface area (Å²) in [5, 5.41) is 7.62. The Hall–Kier alpha value is -0.470. The minimum Gasteiger partial charge on any atom is -0.235 e. The van der Waals surface area contributed by atoms with Crippen molar-refractivity contribution < 1.29 is 8.42 Å². The normalized spacial score (nSPS) is 18.7. The Balaban J connectivity index is 2.28. The maximum absolute atomic E-state index is 12.6. The van der Waals surface area contributed by atoms with Crippen LogP contribution in [0.5, 0.6) is 0 Å². The monoisotopic (exact) mass is 350 g/mol. The van der Waals surface area contributed by atoms with E-state index in [1.807, 2.05) is 0 Å². The average molecular weight is 351 g/mol. The topological polar surface area (TPSA) is 68.1 Å². The molecule has 0 unspecified atom stereocenters. The summed E-state index contributed by atoms with van der Waals surface area (Å²) in [7, 11) is -0.302. The van der Waals surface area contributed by atoms with Crippen LogP contribution in [0, 0.1) is 0 Å². The third-order valence-corrected chi connectivity index (χ3v) is 6.50. The van der Waals surface area contributed by atoms with Crippen molar-refractivity contribution in [3.63, 3.8) is 0 Å². The molecule has 6 nitrogen and oxygen atoms in total. The van der Waals surface area contributed by atoms with Gasteiger partial charge < -0.3 is 0 Å². The zero-order valence-electron chi connectivity index (χ0n) is 11.2. The van der Waals surface area contributed by atoms with E-state index in [0.717, 1.165) is 25.7 Å². The first-order chi connectivity index (χ1) is 8.94. The number of aryl methyl sites for hydroxylation is 1. The summed E-state index contributed by atoms with van der Waals surface area (Å²) in [5.41, 5.74) is 0. The van der Waals surface area contributed by atoms with Crippen LogP contribution in [0.1, 0.15) is 38.5 Å². The number of aromatic nitrogens is 3. The first kappa shape index (κ1) is 14.9. The first-order valence-electron chi connectivity index (χ1n) is 6.48. The van der Waals surface area contributed by atoms with Gasteiger partial charge in [0.1, 0.15) is 0 Å². The zero-order chi connectivity index (χ0) is 14.0. The molecule has 0 saturated heterocycles. The highest BCUT2D eigenvalue weighted by atomic mass is 79.9. The standard InChI is InChI=1S/C11H19BrN4O2S/c1-15-11(10(12)13-14-15)19(17,18)16(2)9-7-5-3-4-6-8-9/h9H,3-8H2,1-2H3. The molecule has 0 radical (unpaired) electrons. The van der Waals surface area contributed by atoms with Gasteiger partial charge in [-0.1, -0.05) is 30.9 Å². The Morgan fingerprint density at radius 1 is 1.26 bits per heavy atom. The van der Waals surface area contributed by atoms with E-state index in [4.69, 9.17) is 0 Å². The fourth-order valence-corrected chi connectivity index (χ4v) is 4.99. The summed E-state index contributed by atoms with van der Waals surface area (Å²) in [5.74, 6) is 0. The lowest BCUT2D eigenvalue weighted by Crippen LogP contribution is -2.37. The Morgan fingerprint density at radius 3 is 2.32 bits per heavy atom. The third-order valence-electron chi connectivity index (χ3n) is 3.70. The highest BCUT2D eigenvalue weighted by Crippen LogP contribution is 2.27. The second kappa shape index (κ2) is 5.88. The quantitative estimate of drug-likeness (QED) is 0.781. The summed E-state index contributed by atoms with van der Waals surface area (Å²) in [6, 6.07) is 0.0781. The van der Waals surface area contributed by atoms with E-state index in [9.17, 15) is 8.42 Å². The first-order valence-corrected chi connectivity index (χ1v) is 8.71. The molecule has 19 heavy (non-hydrogen) atoms. The van der Waals surface area contributed by atoms with Crippen molar-refractivity contribution in [2.24, 2.45) is 7.05 Å². The number of hydrogen-bond donors (Lipinski definition) is 0. The molecule has 0 spiro atoms. The third kappa shape index (κ3) is 3.00. The second-order valence-electron chi connectivity index (χ2n) is 4.98. The molecule has 1 aromatic rings. The van der Waals surface area contributed by atoms with E-state index < -0.39 is 10.0 Å². The molecule has 1 fully saturated rings. The molecule has 1 heterocycles. The van der Waals surface area contributed by atoms with Gasteiger partial charge in [-0.3, -0.25) is 0 Å². The minimum atomic E-state index is -3.55. The molecular formula is C11H19BrN4O2S. The number of nitrogens with zero attached hydrogens (tertiary/aromatic N) is 4. The van der Waals surface area contributed by atoms with Crippen molar-refractivity contribution in [2.75, 3.05) is 7.05 Å². The summed E-state index contributed by atoms with van der Waals surface area (Å²) in [6.07, 6.45) is 6.44. The van der Waals surface area contributed by atoms with Gasteiger partial charge in [0.2, 0.25) is 5.03 Å². The molecule has 0 N–H and O–H groups in total. The fraction of sp³-hybridized carbons (Fsp3) is 0.818. The van der Waals surface area contributed by atoms with E-state index in [1.54, 1.807) is 14.1 Å². The van der Waals surface area contributed by atoms with Gasteiger partial charge in [-0.2, -0.15) is 4.31 Å². The molecule has 1 saturated carbocycles. The van der Waals surface area contributed by atoms with E-state index in [1.165, 1.54) is 21.8 Å². The number of halogens is 1. The molecule has 0 aromatic carbocycles. The predicted octanol–water partition coefficient (Wildman–Crippen LogP) is 1.92. The molecule has 1 aliphatic rings. The van der Waals surface area contributed by atoms with Gasteiger partial charge in [0, 0.05) is 20.1 Å². The van der Waals surface area contributed by atoms with Crippen molar-refractivity contribution >= 4 is 26.0 Å². The van der Waals surface area contributed by atoms with E-state index in [-0.39, 0.29) is 15.7 Å². The van der Waals surface area contributed by atoms with E-state index in [2.05, 4.69) is 26.2 Å². The van der Waals surface area contributed by atoms with Crippen LogP contribution in [0.3, 0.4) is 0 Å². The predicted molar refractivity (Wildman–Crippen MR) is 75.1 cm³/mol. The van der Waals surface area contributed by atoms with Crippen LogP contribution in [0.4, 0.5) is 0 Å². The lowest BCUT2D eigenvalue weighted by atomic mass is 10.1. The van der Waals surface area contributed by atoms with E-state index >= 15 is 0 Å². The van der Waals surface area contributed by atoms with E-state index in [0.29, 0.717) is 0 Å². The maximum atomic E-state index is 12.6. The molecule has 0 bridgehead atoms. The zero-order valence-corrected chi connectivity index (χ0v) is 13.6. The van der Waals surface area contributed by atoms with Crippen LogP contribution in [0.15, 0.2) is 9.63 Å². The second-order valence-corrected chi connectivity index (χ2v) is 7.64. The fourth-order valence-electron chi connectivity index (χ4n) is 2.55. The van der Waals surface area contributed by atoms with Gasteiger partial charge >= 0.3 is 0 Å². The van der Waals surface area contributed by atoms with Gasteiger partial charge in [0.25, 0.3) is 10.0 Å². The lowest BCUT2D eigenvalue weighted by molar-refractivity contribution is 0.333. The van der Waals surface area contributed by atoms with Gasteiger partial charge in [-0.05, 0) is 28.8 Å². The summed E-state index contributed by atoms with van der Waals surface area (Å²) < 4.78 is 28.3. The number of sulfonamides is 1. The molecular weight excluding hydrogens is 332 g/mol. The largest absolute Gasteiger partial charge is 0.263 e. The maximum Gasteiger partial charge on any atom is 0.263 e. The summed E-state index contributed by atoms with van der Waals surface area (Å²) >= 11 is 3.16. The molecule has 1 aliphatic carbocycles. The molecule has 8 heteroatoms. The van der Waals surface area contributed by atoms with Gasteiger partial charge in [-0.15, -0.1) is 5.10 Å². The van der Waals surface area contributed by atoms with Crippen molar-refractivity contribution in [3.05, 3.63) is 4.60 Å². The smallest absolute Gasteiger partial charge is 0.235 e. The Bertz CT molecular complexity index is 515. The summed E-state index contributed by atoms with van der Waals surface area (Å²) in [4.78, 5) is 0. The Labute approximate surface area is 122 Å². The van der Waals surface area contributed by atoms with Crippen LogP contribution in [-0.2, 0) is 17.1 Å². The molecule has 0 atom stereocenters. The summed E-state index contributed by atoms with van der Waals surface area (Å²) in [6.45, 7) is 0. The molecule has 2 rings (SSSR count). The van der Waals surface area contributed by atoms with Crippen molar-refractivity contribution in [3.8, 4) is 0 Å². The SMILES string of the molecule is CN(C1CCCCCC1)S(=O)(=O)c1c(Br)nnn1C. The highest BCUT2D eigenvalue weighted by molar-refractivity contribution is 9.10. The Morgan fingerprint density at radius 2 is 1.84 bits per heavy atom. The molecule has 108 valence electrons. The highest BCUT2D eigenvalue weighted by Gasteiger charge is 2.33. The van der Waals surface area contributed by atoms with Crippen molar-refractivity contribution in [1.82, 2.24) is 19.3 Å². The molecule has 0 aliphatic heterocycles. The van der Waals surface area contributed by atoms with Crippen LogP contribution >= 0.6 is 15.9 Å². The Kier molecular flexibility index (Phi) is 4.62. The average Bonchev–Trinajstić information content (AvgIpc) is 2.59. The number of hydrogen-bond acceptors (Lipinski definition) is 4. The van der Waals surface area contributed by atoms with Crippen molar-refractivity contribution in [2.45, 2.75) is 49.6 Å². The number of rotatable bonds is 3. The van der Waals surface area contributed by atoms with Gasteiger partial charge in [-0.25, -0.2) is 13.1 Å². The van der Waals surface area contributed by atoms with Gasteiger partial charge in [0.15, 0.2) is 4.60 Å². The van der Waals surface area contributed by atoms with Crippen LogP contribution in [0.2, 0.25) is 0 Å². The van der Waals surface area contributed by atoms with Crippen LogP contribution in [0.25, 0.3) is 0 Å². The molecule has 1 aromatic heterocycles. The van der Waals surface area contributed by atoms with Gasteiger partial charge in [0.05, 0.1) is 0 Å². The lowest BCUT2D eigenvalue weighted by Gasteiger charge is -2.26. The van der Waals surface area contributed by atoms with Crippen LogP contribution in [-0.4, -0.2) is 40.8 Å². The molecule has 0 amide bonds.